The van der Waals surface area contributed by atoms with E-state index < -0.39 is 0 Å². The number of nitrogens with two attached hydrogens (primary N) is 1. The van der Waals surface area contributed by atoms with Crippen molar-refractivity contribution in [2.75, 3.05) is 11.5 Å². The first kappa shape index (κ1) is 13.2. The van der Waals surface area contributed by atoms with E-state index in [0.717, 1.165) is 4.90 Å². The Bertz CT molecular complexity index is 382. The van der Waals surface area contributed by atoms with Gasteiger partial charge in [-0.05, 0) is 32.0 Å². The fraction of sp³-hybridized carbons (Fsp3) is 0.364. The molecule has 0 heterocycles. The molecule has 0 saturated heterocycles. The molecule has 0 aliphatic rings. The summed E-state index contributed by atoms with van der Waals surface area (Å²) in [7, 11) is 0. The number of halogens is 1. The van der Waals surface area contributed by atoms with Crippen LogP contribution in [0, 0.1) is 0 Å². The smallest absolute Gasteiger partial charge is 0.316 e. The van der Waals surface area contributed by atoms with Crippen molar-refractivity contribution in [1.82, 2.24) is 0 Å². The zero-order valence-corrected chi connectivity index (χ0v) is 10.8. The highest BCUT2D eigenvalue weighted by molar-refractivity contribution is 8.00. The van der Waals surface area contributed by atoms with Gasteiger partial charge in [0.1, 0.15) is 0 Å². The van der Waals surface area contributed by atoms with E-state index in [0.29, 0.717) is 10.7 Å². The minimum Gasteiger partial charge on any atom is -0.462 e. The molecule has 1 aromatic rings. The number of carbonyl (C=O) groups excluding carboxylic acids is 1. The largest absolute Gasteiger partial charge is 0.462 e. The summed E-state index contributed by atoms with van der Waals surface area (Å²) in [5, 5.41) is 0.502. The zero-order chi connectivity index (χ0) is 12.1. The lowest BCUT2D eigenvalue weighted by atomic mass is 10.3. The van der Waals surface area contributed by atoms with Gasteiger partial charge in [0.15, 0.2) is 0 Å². The molecule has 1 rings (SSSR count). The van der Waals surface area contributed by atoms with E-state index in [1.165, 1.54) is 11.8 Å². The van der Waals surface area contributed by atoms with Crippen LogP contribution in [0.1, 0.15) is 13.8 Å². The Morgan fingerprint density at radius 2 is 2.25 bits per heavy atom. The Balaban J connectivity index is 2.48. The SMILES string of the molecule is CC(C)OC(=O)CSc1ccc(N)c(Cl)c1. The molecule has 0 aliphatic carbocycles. The molecule has 0 aromatic heterocycles. The molecule has 1 aromatic carbocycles. The molecular formula is C11H14ClNO2S. The first-order valence-electron chi connectivity index (χ1n) is 4.86. The molecule has 0 spiro atoms. The highest BCUT2D eigenvalue weighted by Gasteiger charge is 2.07. The van der Waals surface area contributed by atoms with Gasteiger partial charge in [-0.15, -0.1) is 11.8 Å². The Labute approximate surface area is 104 Å². The van der Waals surface area contributed by atoms with Crippen LogP contribution in [0.5, 0.6) is 0 Å². The maximum absolute atomic E-state index is 11.3. The van der Waals surface area contributed by atoms with Crippen LogP contribution in [0.15, 0.2) is 23.1 Å². The van der Waals surface area contributed by atoms with Gasteiger partial charge in [-0.3, -0.25) is 4.79 Å². The number of carbonyl (C=O) groups is 1. The molecule has 16 heavy (non-hydrogen) atoms. The summed E-state index contributed by atoms with van der Waals surface area (Å²) in [5.41, 5.74) is 6.12. The summed E-state index contributed by atoms with van der Waals surface area (Å²) in [6, 6.07) is 5.29. The van der Waals surface area contributed by atoms with Gasteiger partial charge in [-0.25, -0.2) is 0 Å². The van der Waals surface area contributed by atoms with E-state index in [1.54, 1.807) is 12.1 Å². The van der Waals surface area contributed by atoms with Gasteiger partial charge in [0, 0.05) is 4.90 Å². The Morgan fingerprint density at radius 1 is 1.56 bits per heavy atom. The third kappa shape index (κ3) is 4.33. The molecule has 0 aliphatic heterocycles. The third-order valence-corrected chi connectivity index (χ3v) is 2.99. The van der Waals surface area contributed by atoms with Gasteiger partial charge in [0.05, 0.1) is 22.6 Å². The van der Waals surface area contributed by atoms with Crippen LogP contribution < -0.4 is 5.73 Å². The Morgan fingerprint density at radius 3 is 2.81 bits per heavy atom. The molecule has 0 radical (unpaired) electrons. The molecule has 0 bridgehead atoms. The van der Waals surface area contributed by atoms with Crippen molar-refractivity contribution in [3.8, 4) is 0 Å². The van der Waals surface area contributed by atoms with Crippen LogP contribution in [0.2, 0.25) is 5.02 Å². The number of rotatable bonds is 4. The van der Waals surface area contributed by atoms with Gasteiger partial charge in [-0.1, -0.05) is 11.6 Å². The molecule has 2 N–H and O–H groups in total. The predicted molar refractivity (Wildman–Crippen MR) is 67.8 cm³/mol. The number of benzene rings is 1. The standard InChI is InChI=1S/C11H14ClNO2S/c1-7(2)15-11(14)6-16-8-3-4-10(13)9(12)5-8/h3-5,7H,6,13H2,1-2H3. The first-order valence-corrected chi connectivity index (χ1v) is 6.22. The second-order valence-electron chi connectivity index (χ2n) is 3.51. The van der Waals surface area contributed by atoms with Gasteiger partial charge >= 0.3 is 5.97 Å². The van der Waals surface area contributed by atoms with Crippen molar-refractivity contribution in [1.29, 1.82) is 0 Å². The molecular weight excluding hydrogens is 246 g/mol. The average molecular weight is 260 g/mol. The van der Waals surface area contributed by atoms with Crippen molar-refractivity contribution in [2.24, 2.45) is 0 Å². The number of hydrogen-bond acceptors (Lipinski definition) is 4. The maximum atomic E-state index is 11.3. The molecule has 3 nitrogen and oxygen atoms in total. The number of ether oxygens (including phenoxy) is 1. The number of hydrogen-bond donors (Lipinski definition) is 1. The molecule has 0 atom stereocenters. The monoisotopic (exact) mass is 259 g/mol. The zero-order valence-electron chi connectivity index (χ0n) is 9.20. The summed E-state index contributed by atoms with van der Waals surface area (Å²) >= 11 is 7.24. The molecule has 0 saturated carbocycles. The van der Waals surface area contributed by atoms with E-state index in [4.69, 9.17) is 22.1 Å². The highest BCUT2D eigenvalue weighted by Crippen LogP contribution is 2.26. The van der Waals surface area contributed by atoms with Crippen LogP contribution in [0.3, 0.4) is 0 Å². The quantitative estimate of drug-likeness (QED) is 0.513. The molecule has 5 heteroatoms. The second-order valence-corrected chi connectivity index (χ2v) is 4.97. The molecule has 0 fully saturated rings. The van der Waals surface area contributed by atoms with Crippen LogP contribution in [-0.2, 0) is 9.53 Å². The maximum Gasteiger partial charge on any atom is 0.316 e. The first-order chi connectivity index (χ1) is 7.49. The fourth-order valence-corrected chi connectivity index (χ4v) is 2.00. The highest BCUT2D eigenvalue weighted by atomic mass is 35.5. The van der Waals surface area contributed by atoms with Crippen LogP contribution in [0.25, 0.3) is 0 Å². The van der Waals surface area contributed by atoms with Crippen molar-refractivity contribution in [3.05, 3.63) is 23.2 Å². The predicted octanol–water partition coefficient (Wildman–Crippen LogP) is 2.97. The van der Waals surface area contributed by atoms with Crippen LogP contribution in [0.4, 0.5) is 5.69 Å². The lowest BCUT2D eigenvalue weighted by Crippen LogP contribution is -2.13. The van der Waals surface area contributed by atoms with Crippen molar-refractivity contribution in [3.63, 3.8) is 0 Å². The molecule has 0 amide bonds. The number of anilines is 1. The van der Waals surface area contributed by atoms with Gasteiger partial charge in [-0.2, -0.15) is 0 Å². The summed E-state index contributed by atoms with van der Waals surface area (Å²) in [6.45, 7) is 3.64. The van der Waals surface area contributed by atoms with E-state index in [9.17, 15) is 4.79 Å². The number of nitrogen functional groups attached to an aromatic ring is 1. The third-order valence-electron chi connectivity index (χ3n) is 1.70. The minimum atomic E-state index is -0.229. The van der Waals surface area contributed by atoms with Crippen molar-refractivity contribution >= 4 is 35.0 Å². The van der Waals surface area contributed by atoms with Crippen molar-refractivity contribution in [2.45, 2.75) is 24.8 Å². The Hall–Kier alpha value is -0.870. The summed E-state index contributed by atoms with van der Waals surface area (Å²) in [6.07, 6.45) is -0.0805. The number of esters is 1. The molecule has 0 unspecified atom stereocenters. The van der Waals surface area contributed by atoms with Crippen LogP contribution >= 0.6 is 23.4 Å². The summed E-state index contributed by atoms with van der Waals surface area (Å²) in [5.74, 6) is 0.0475. The average Bonchev–Trinajstić information content (AvgIpc) is 2.19. The fourth-order valence-electron chi connectivity index (χ4n) is 1.04. The summed E-state index contributed by atoms with van der Waals surface area (Å²) < 4.78 is 5.01. The van der Waals surface area contributed by atoms with E-state index in [2.05, 4.69) is 0 Å². The van der Waals surface area contributed by atoms with E-state index in [1.807, 2.05) is 19.9 Å². The van der Waals surface area contributed by atoms with Crippen molar-refractivity contribution < 1.29 is 9.53 Å². The van der Waals surface area contributed by atoms with E-state index >= 15 is 0 Å². The Kier molecular flexibility index (Phi) is 4.96. The van der Waals surface area contributed by atoms with E-state index in [-0.39, 0.29) is 17.8 Å². The summed E-state index contributed by atoms with van der Waals surface area (Å²) in [4.78, 5) is 12.2. The molecule has 88 valence electrons. The van der Waals surface area contributed by atoms with Gasteiger partial charge in [0.25, 0.3) is 0 Å². The van der Waals surface area contributed by atoms with Gasteiger partial charge in [0.2, 0.25) is 0 Å². The lowest BCUT2D eigenvalue weighted by Gasteiger charge is -2.07. The van der Waals surface area contributed by atoms with Gasteiger partial charge < -0.3 is 10.5 Å². The minimum absolute atomic E-state index is 0.0805. The van der Waals surface area contributed by atoms with Crippen LogP contribution in [-0.4, -0.2) is 17.8 Å². The normalized spacial score (nSPS) is 10.5. The lowest BCUT2D eigenvalue weighted by molar-refractivity contribution is -0.144. The number of thioether (sulfide) groups is 1. The second kappa shape index (κ2) is 6.01. The topological polar surface area (TPSA) is 52.3 Å².